The van der Waals surface area contributed by atoms with Gasteiger partial charge < -0.3 is 15.5 Å². The molecule has 0 amide bonds. The zero-order valence-electron chi connectivity index (χ0n) is 14.0. The number of hydrogen-bond acceptors (Lipinski definition) is 4. The number of anilines is 1. The second-order valence-corrected chi connectivity index (χ2v) is 7.68. The molecule has 0 atom stereocenters. The van der Waals surface area contributed by atoms with Gasteiger partial charge in [-0.15, -0.1) is 0 Å². The standard InChI is InChI=1S/C18H24N4S2/c1-19-18(21-13-16-6-9-24-14-16)20-12-15-2-4-17(5-3-15)22-7-10-23-11-8-22/h2-6,9,14H,7-8,10-13H2,1H3,(H2,19,20,21). The van der Waals surface area contributed by atoms with Gasteiger partial charge in [0, 0.05) is 50.4 Å². The molecule has 24 heavy (non-hydrogen) atoms. The van der Waals surface area contributed by atoms with Crippen molar-refractivity contribution in [2.75, 3.05) is 36.5 Å². The molecule has 0 unspecified atom stereocenters. The van der Waals surface area contributed by atoms with Crippen LogP contribution >= 0.6 is 23.1 Å². The highest BCUT2D eigenvalue weighted by Crippen LogP contribution is 2.19. The van der Waals surface area contributed by atoms with E-state index in [-0.39, 0.29) is 0 Å². The van der Waals surface area contributed by atoms with Crippen LogP contribution in [0.4, 0.5) is 5.69 Å². The molecule has 0 spiro atoms. The first-order chi connectivity index (χ1) is 11.8. The number of rotatable bonds is 5. The van der Waals surface area contributed by atoms with Crippen LogP contribution in [-0.2, 0) is 13.1 Å². The summed E-state index contributed by atoms with van der Waals surface area (Å²) >= 11 is 3.76. The number of nitrogens with one attached hydrogen (secondary N) is 2. The van der Waals surface area contributed by atoms with Crippen molar-refractivity contribution in [1.29, 1.82) is 0 Å². The fourth-order valence-corrected chi connectivity index (χ4v) is 4.20. The Hall–Kier alpha value is -1.66. The Morgan fingerprint density at radius 2 is 1.75 bits per heavy atom. The molecule has 1 saturated heterocycles. The third kappa shape index (κ3) is 4.92. The van der Waals surface area contributed by atoms with E-state index in [1.165, 1.54) is 28.3 Å². The first-order valence-corrected chi connectivity index (χ1v) is 10.3. The molecule has 128 valence electrons. The second kappa shape index (κ2) is 8.99. The van der Waals surface area contributed by atoms with Crippen LogP contribution in [0.1, 0.15) is 11.1 Å². The molecule has 1 aliphatic heterocycles. The highest BCUT2D eigenvalue weighted by atomic mass is 32.2. The number of nitrogens with zero attached hydrogens (tertiary/aromatic N) is 2. The summed E-state index contributed by atoms with van der Waals surface area (Å²) in [4.78, 5) is 6.75. The topological polar surface area (TPSA) is 39.7 Å². The normalized spacial score (nSPS) is 15.4. The van der Waals surface area contributed by atoms with Gasteiger partial charge in [0.1, 0.15) is 0 Å². The third-order valence-electron chi connectivity index (χ3n) is 4.04. The summed E-state index contributed by atoms with van der Waals surface area (Å²) in [7, 11) is 1.81. The molecule has 2 N–H and O–H groups in total. The Morgan fingerprint density at radius 3 is 2.38 bits per heavy atom. The molecule has 2 heterocycles. The summed E-state index contributed by atoms with van der Waals surface area (Å²) in [6.07, 6.45) is 0. The number of hydrogen-bond donors (Lipinski definition) is 2. The van der Waals surface area contributed by atoms with Gasteiger partial charge in [0.15, 0.2) is 5.96 Å². The van der Waals surface area contributed by atoms with Crippen LogP contribution in [0.2, 0.25) is 0 Å². The lowest BCUT2D eigenvalue weighted by atomic mass is 10.2. The van der Waals surface area contributed by atoms with Crippen molar-refractivity contribution in [2.24, 2.45) is 4.99 Å². The van der Waals surface area contributed by atoms with Crippen molar-refractivity contribution in [3.63, 3.8) is 0 Å². The molecule has 0 bridgehead atoms. The molecule has 2 aromatic rings. The van der Waals surface area contributed by atoms with Crippen LogP contribution in [-0.4, -0.2) is 37.6 Å². The van der Waals surface area contributed by atoms with Crippen molar-refractivity contribution >= 4 is 34.7 Å². The van der Waals surface area contributed by atoms with Crippen molar-refractivity contribution in [1.82, 2.24) is 10.6 Å². The maximum atomic E-state index is 4.28. The van der Waals surface area contributed by atoms with E-state index in [1.807, 2.05) is 11.8 Å². The lowest BCUT2D eigenvalue weighted by Gasteiger charge is -2.28. The average Bonchev–Trinajstić information content (AvgIpc) is 3.17. The molecule has 1 fully saturated rings. The van der Waals surface area contributed by atoms with Crippen LogP contribution in [0, 0.1) is 0 Å². The highest BCUT2D eigenvalue weighted by Gasteiger charge is 2.10. The van der Waals surface area contributed by atoms with E-state index in [0.717, 1.165) is 32.1 Å². The van der Waals surface area contributed by atoms with Gasteiger partial charge in [-0.3, -0.25) is 4.99 Å². The first-order valence-electron chi connectivity index (χ1n) is 8.22. The minimum absolute atomic E-state index is 0.777. The zero-order valence-corrected chi connectivity index (χ0v) is 15.6. The third-order valence-corrected chi connectivity index (χ3v) is 5.71. The minimum atomic E-state index is 0.777. The molecule has 3 rings (SSSR count). The fourth-order valence-electron chi connectivity index (χ4n) is 2.63. The summed E-state index contributed by atoms with van der Waals surface area (Å²) in [6.45, 7) is 3.89. The number of thioether (sulfide) groups is 1. The maximum absolute atomic E-state index is 4.28. The van der Waals surface area contributed by atoms with E-state index in [1.54, 1.807) is 18.4 Å². The Balaban J connectivity index is 1.48. The lowest BCUT2D eigenvalue weighted by Crippen LogP contribution is -2.36. The molecule has 6 heteroatoms. The quantitative estimate of drug-likeness (QED) is 0.635. The minimum Gasteiger partial charge on any atom is -0.370 e. The molecule has 4 nitrogen and oxygen atoms in total. The zero-order chi connectivity index (χ0) is 16.6. The van der Waals surface area contributed by atoms with Crippen LogP contribution in [0.15, 0.2) is 46.1 Å². The molecular weight excluding hydrogens is 336 g/mol. The van der Waals surface area contributed by atoms with Gasteiger partial charge in [-0.05, 0) is 40.1 Å². The molecule has 1 aromatic carbocycles. The van der Waals surface area contributed by atoms with Crippen molar-refractivity contribution in [2.45, 2.75) is 13.1 Å². The van der Waals surface area contributed by atoms with E-state index >= 15 is 0 Å². The molecule has 1 aliphatic rings. The molecule has 1 aromatic heterocycles. The summed E-state index contributed by atoms with van der Waals surface area (Å²) in [6, 6.07) is 11.0. The molecule has 0 saturated carbocycles. The average molecular weight is 361 g/mol. The summed E-state index contributed by atoms with van der Waals surface area (Å²) in [5, 5.41) is 11.0. The van der Waals surface area contributed by atoms with E-state index in [4.69, 9.17) is 0 Å². The first kappa shape index (κ1) is 17.2. The number of benzene rings is 1. The van der Waals surface area contributed by atoms with Gasteiger partial charge in [-0.25, -0.2) is 0 Å². The van der Waals surface area contributed by atoms with Gasteiger partial charge in [0.2, 0.25) is 0 Å². The summed E-state index contributed by atoms with van der Waals surface area (Å²) < 4.78 is 0. The van der Waals surface area contributed by atoms with E-state index < -0.39 is 0 Å². The van der Waals surface area contributed by atoms with Crippen molar-refractivity contribution < 1.29 is 0 Å². The van der Waals surface area contributed by atoms with Crippen molar-refractivity contribution in [3.05, 3.63) is 52.2 Å². The summed E-state index contributed by atoms with van der Waals surface area (Å²) in [5.41, 5.74) is 3.88. The summed E-state index contributed by atoms with van der Waals surface area (Å²) in [5.74, 6) is 3.29. The van der Waals surface area contributed by atoms with Gasteiger partial charge in [-0.1, -0.05) is 12.1 Å². The molecule has 0 aliphatic carbocycles. The Bertz CT molecular complexity index is 632. The van der Waals surface area contributed by atoms with E-state index in [2.05, 4.69) is 61.6 Å². The number of thiophene rings is 1. The Kier molecular flexibility index (Phi) is 6.43. The maximum Gasteiger partial charge on any atom is 0.191 e. The van der Waals surface area contributed by atoms with Gasteiger partial charge in [-0.2, -0.15) is 23.1 Å². The Labute approximate surface area is 152 Å². The predicted octanol–water partition coefficient (Wildman–Crippen LogP) is 3.17. The second-order valence-electron chi connectivity index (χ2n) is 5.68. The van der Waals surface area contributed by atoms with E-state index in [9.17, 15) is 0 Å². The molecule has 0 radical (unpaired) electrons. The van der Waals surface area contributed by atoms with E-state index in [0.29, 0.717) is 0 Å². The number of guanidine groups is 1. The van der Waals surface area contributed by atoms with Crippen LogP contribution in [0.3, 0.4) is 0 Å². The monoisotopic (exact) mass is 360 g/mol. The smallest absolute Gasteiger partial charge is 0.191 e. The van der Waals surface area contributed by atoms with Gasteiger partial charge in [0.25, 0.3) is 0 Å². The van der Waals surface area contributed by atoms with Crippen LogP contribution in [0.25, 0.3) is 0 Å². The number of aliphatic imine (C=N–C) groups is 1. The van der Waals surface area contributed by atoms with Gasteiger partial charge >= 0.3 is 0 Å². The highest BCUT2D eigenvalue weighted by molar-refractivity contribution is 7.99. The Morgan fingerprint density at radius 1 is 1.04 bits per heavy atom. The SMILES string of the molecule is CN=C(NCc1ccc(N2CCSCC2)cc1)NCc1ccsc1. The molecular formula is C18H24N4S2. The lowest BCUT2D eigenvalue weighted by molar-refractivity contribution is 0.809. The predicted molar refractivity (Wildman–Crippen MR) is 107 cm³/mol. The fraction of sp³-hybridized carbons (Fsp3) is 0.389. The van der Waals surface area contributed by atoms with Crippen molar-refractivity contribution in [3.8, 4) is 0 Å². The van der Waals surface area contributed by atoms with Crippen LogP contribution < -0.4 is 15.5 Å². The largest absolute Gasteiger partial charge is 0.370 e. The van der Waals surface area contributed by atoms with Gasteiger partial charge in [0.05, 0.1) is 0 Å². The van der Waals surface area contributed by atoms with Crippen LogP contribution in [0.5, 0.6) is 0 Å².